The first-order chi connectivity index (χ1) is 14.3. The van der Waals surface area contributed by atoms with Gasteiger partial charge in [-0.15, -0.1) is 0 Å². The Labute approximate surface area is 178 Å². The maximum absolute atomic E-state index is 13.3. The molecule has 30 heavy (non-hydrogen) atoms. The molecule has 0 atom stereocenters. The van der Waals surface area contributed by atoms with Gasteiger partial charge in [-0.1, -0.05) is 19.9 Å². The fraction of sp³-hybridized carbons (Fsp3) is 0.391. The summed E-state index contributed by atoms with van der Waals surface area (Å²) >= 11 is 0. The van der Waals surface area contributed by atoms with Gasteiger partial charge in [0.15, 0.2) is 0 Å². The van der Waals surface area contributed by atoms with Crippen molar-refractivity contribution in [2.75, 3.05) is 20.3 Å². The Morgan fingerprint density at radius 2 is 1.73 bits per heavy atom. The number of methoxy groups -OCH3 is 1. The summed E-state index contributed by atoms with van der Waals surface area (Å²) in [4.78, 5) is 3.24. The van der Waals surface area contributed by atoms with Crippen molar-refractivity contribution in [3.63, 3.8) is 0 Å². The minimum Gasteiger partial charge on any atom is -0.496 e. The van der Waals surface area contributed by atoms with Crippen molar-refractivity contribution in [1.29, 1.82) is 0 Å². The molecule has 0 unspecified atom stereocenters. The summed E-state index contributed by atoms with van der Waals surface area (Å²) in [6.07, 6.45) is 0. The fourth-order valence-corrected chi connectivity index (χ4v) is 5.37. The Morgan fingerprint density at radius 1 is 1.03 bits per heavy atom. The lowest BCUT2D eigenvalue weighted by Gasteiger charge is -2.16. The lowest BCUT2D eigenvalue weighted by Crippen LogP contribution is -2.14. The van der Waals surface area contributed by atoms with Crippen LogP contribution in [0.4, 0.5) is 0 Å². The summed E-state index contributed by atoms with van der Waals surface area (Å²) in [5, 5.41) is 0.856. The molecule has 0 saturated carbocycles. The van der Waals surface area contributed by atoms with E-state index in [9.17, 15) is 4.57 Å². The summed E-state index contributed by atoms with van der Waals surface area (Å²) in [6.45, 7) is 10.3. The van der Waals surface area contributed by atoms with Gasteiger partial charge in [-0.25, -0.2) is 0 Å². The Morgan fingerprint density at radius 3 is 2.33 bits per heavy atom. The predicted octanol–water partition coefficient (Wildman–Crippen LogP) is 6.29. The summed E-state index contributed by atoms with van der Waals surface area (Å²) in [6, 6.07) is 11.5. The molecule has 3 rings (SSSR count). The molecule has 0 aliphatic rings. The van der Waals surface area contributed by atoms with E-state index in [2.05, 4.69) is 18.8 Å². The molecule has 1 N–H and O–H groups in total. The van der Waals surface area contributed by atoms with Gasteiger partial charge in [0.05, 0.1) is 25.8 Å². The van der Waals surface area contributed by atoms with Gasteiger partial charge in [-0.05, 0) is 62.6 Å². The van der Waals surface area contributed by atoms with Crippen LogP contribution in [-0.4, -0.2) is 25.3 Å². The van der Waals surface area contributed by atoms with E-state index < -0.39 is 7.60 Å². The monoisotopic (exact) mass is 431 g/mol. The van der Waals surface area contributed by atoms with Gasteiger partial charge in [-0.3, -0.25) is 4.57 Å². The molecular weight excluding hydrogens is 401 g/mol. The van der Waals surface area contributed by atoms with E-state index in [1.165, 1.54) is 0 Å². The van der Waals surface area contributed by atoms with Gasteiger partial charge in [-0.2, -0.15) is 0 Å². The number of H-pyrrole nitrogens is 1. The highest BCUT2D eigenvalue weighted by Gasteiger charge is 2.32. The first-order valence-electron chi connectivity index (χ1n) is 10.2. The maximum Gasteiger partial charge on any atom is 0.377 e. The van der Waals surface area contributed by atoms with E-state index in [-0.39, 0.29) is 0 Å². The highest BCUT2D eigenvalue weighted by molar-refractivity contribution is 7.62. The van der Waals surface area contributed by atoms with Crippen molar-refractivity contribution >= 4 is 23.9 Å². The molecule has 0 aliphatic carbocycles. The number of fused-ring (bicyclic) bond motifs is 1. The lowest BCUT2D eigenvalue weighted by atomic mass is 10.0. The minimum absolute atomic E-state index is 0.291. The normalized spacial score (nSPS) is 12.0. The van der Waals surface area contributed by atoms with Gasteiger partial charge < -0.3 is 23.5 Å². The first-order valence-corrected chi connectivity index (χ1v) is 11.8. The molecule has 0 amide bonds. The molecule has 0 aliphatic heterocycles. The molecule has 162 valence electrons. The van der Waals surface area contributed by atoms with Crippen LogP contribution in [0.2, 0.25) is 0 Å². The third-order valence-corrected chi connectivity index (χ3v) is 7.12. The number of ether oxygens (including phenoxy) is 2. The number of benzene rings is 2. The smallest absolute Gasteiger partial charge is 0.377 e. The Balaban J connectivity index is 2.08. The van der Waals surface area contributed by atoms with E-state index in [1.807, 2.05) is 43.3 Å². The van der Waals surface area contributed by atoms with E-state index in [4.69, 9.17) is 18.5 Å². The SMILES string of the molecule is CCOP(=O)(OCC)c1[nH]c2cccc(Oc3ccc(OC)c(C(C)C)c3)c2c1C. The number of nitrogens with one attached hydrogen (secondary N) is 1. The summed E-state index contributed by atoms with van der Waals surface area (Å²) in [5.41, 5.74) is 3.15. The largest absolute Gasteiger partial charge is 0.496 e. The van der Waals surface area contributed by atoms with Crippen LogP contribution in [-0.2, 0) is 13.6 Å². The van der Waals surface area contributed by atoms with Crippen LogP contribution in [0.15, 0.2) is 36.4 Å². The molecule has 0 fully saturated rings. The lowest BCUT2D eigenvalue weighted by molar-refractivity contribution is 0.229. The van der Waals surface area contributed by atoms with Crippen LogP contribution < -0.4 is 14.9 Å². The van der Waals surface area contributed by atoms with Crippen LogP contribution in [0.25, 0.3) is 10.9 Å². The van der Waals surface area contributed by atoms with Gasteiger partial charge in [0.2, 0.25) is 0 Å². The Kier molecular flexibility index (Phi) is 6.91. The van der Waals surface area contributed by atoms with Gasteiger partial charge in [0.25, 0.3) is 0 Å². The number of aromatic amines is 1. The van der Waals surface area contributed by atoms with Crippen LogP contribution in [0.3, 0.4) is 0 Å². The number of hydrogen-bond donors (Lipinski definition) is 1. The standard InChI is InChI=1S/C23H30NO5P/c1-7-27-30(25,28-8-2)23-16(5)22-19(24-23)10-9-11-21(22)29-17-12-13-20(26-6)18(14-17)15(3)4/h9-15,24H,7-8H2,1-6H3. The zero-order valence-corrected chi connectivity index (χ0v) is 19.3. The molecule has 2 aromatic carbocycles. The summed E-state index contributed by atoms with van der Waals surface area (Å²) in [7, 11) is -1.77. The van der Waals surface area contributed by atoms with Crippen molar-refractivity contribution in [2.45, 2.75) is 40.5 Å². The third kappa shape index (κ3) is 4.27. The molecule has 7 heteroatoms. The summed E-state index contributed by atoms with van der Waals surface area (Å²) < 4.78 is 36.1. The van der Waals surface area contributed by atoms with Crippen molar-refractivity contribution in [3.8, 4) is 17.2 Å². The maximum atomic E-state index is 13.3. The van der Waals surface area contributed by atoms with Crippen molar-refractivity contribution in [1.82, 2.24) is 4.98 Å². The number of aryl methyl sites for hydroxylation is 1. The first kappa shape index (κ1) is 22.4. The zero-order valence-electron chi connectivity index (χ0n) is 18.4. The number of rotatable bonds is 9. The molecular formula is C23H30NO5P. The number of hydrogen-bond acceptors (Lipinski definition) is 5. The molecule has 1 heterocycles. The van der Waals surface area contributed by atoms with Gasteiger partial charge in [0, 0.05) is 10.9 Å². The molecule has 6 nitrogen and oxygen atoms in total. The van der Waals surface area contributed by atoms with Crippen molar-refractivity contribution < 1.29 is 23.1 Å². The van der Waals surface area contributed by atoms with Crippen molar-refractivity contribution in [3.05, 3.63) is 47.5 Å². The van der Waals surface area contributed by atoms with Crippen LogP contribution in [0, 0.1) is 6.92 Å². The highest BCUT2D eigenvalue weighted by atomic mass is 31.2. The van der Waals surface area contributed by atoms with E-state index in [0.717, 1.165) is 27.8 Å². The van der Waals surface area contributed by atoms with E-state index >= 15 is 0 Å². The summed E-state index contributed by atoms with van der Waals surface area (Å²) in [5.74, 6) is 2.52. The van der Waals surface area contributed by atoms with Gasteiger partial charge >= 0.3 is 7.60 Å². The quantitative estimate of drug-likeness (QED) is 0.403. The molecule has 0 radical (unpaired) electrons. The Bertz CT molecular complexity index is 1060. The average molecular weight is 431 g/mol. The highest BCUT2D eigenvalue weighted by Crippen LogP contribution is 2.49. The number of aromatic nitrogens is 1. The van der Waals surface area contributed by atoms with Crippen LogP contribution >= 0.6 is 7.60 Å². The Hall–Kier alpha value is -2.27. The molecule has 0 saturated heterocycles. The van der Waals surface area contributed by atoms with E-state index in [1.54, 1.807) is 21.0 Å². The molecule has 3 aromatic rings. The molecule has 0 bridgehead atoms. The van der Waals surface area contributed by atoms with Crippen molar-refractivity contribution in [2.24, 2.45) is 0 Å². The molecule has 0 spiro atoms. The predicted molar refractivity (Wildman–Crippen MR) is 121 cm³/mol. The average Bonchev–Trinajstić information content (AvgIpc) is 3.06. The van der Waals surface area contributed by atoms with Crippen LogP contribution in [0.5, 0.6) is 17.2 Å². The van der Waals surface area contributed by atoms with E-state index in [0.29, 0.717) is 36.1 Å². The topological polar surface area (TPSA) is 69.8 Å². The van der Waals surface area contributed by atoms with Crippen LogP contribution in [0.1, 0.15) is 44.7 Å². The molecule has 1 aromatic heterocycles. The fourth-order valence-electron chi connectivity index (χ4n) is 3.58. The second-order valence-electron chi connectivity index (χ2n) is 7.27. The minimum atomic E-state index is -3.44. The second kappa shape index (κ2) is 9.25. The second-order valence-corrected chi connectivity index (χ2v) is 9.23. The van der Waals surface area contributed by atoms with Gasteiger partial charge in [0.1, 0.15) is 22.7 Å². The zero-order chi connectivity index (χ0) is 21.9. The third-order valence-electron chi connectivity index (χ3n) is 4.93.